The van der Waals surface area contributed by atoms with Crippen LogP contribution in [0.25, 0.3) is 11.1 Å². The minimum atomic E-state index is -0.643. The summed E-state index contributed by atoms with van der Waals surface area (Å²) in [6, 6.07) is 8.26. The van der Waals surface area contributed by atoms with E-state index in [1.807, 2.05) is 6.07 Å². The second kappa shape index (κ2) is 6.69. The van der Waals surface area contributed by atoms with E-state index in [9.17, 15) is 14.9 Å². The fourth-order valence-electron chi connectivity index (χ4n) is 5.95. The Morgan fingerprint density at radius 3 is 2.87 bits per heavy atom. The molecule has 0 spiro atoms. The lowest BCUT2D eigenvalue weighted by Gasteiger charge is -2.72. The Kier molecular flexibility index (Phi) is 4.31. The van der Waals surface area contributed by atoms with Gasteiger partial charge in [0.05, 0.1) is 17.6 Å². The van der Waals surface area contributed by atoms with Crippen LogP contribution in [0, 0.1) is 16.7 Å². The van der Waals surface area contributed by atoms with Crippen LogP contribution in [0.2, 0.25) is 0 Å². The SMILES string of the molecule is Cn1c(=O)oc2ccc(C34CC(C[C@@H](C#N)N5CCCOC(C(N)=O)C5)(C3)C4)cc21. The second-order valence-corrected chi connectivity index (χ2v) is 9.38. The van der Waals surface area contributed by atoms with Gasteiger partial charge in [-0.1, -0.05) is 6.07 Å². The lowest BCUT2D eigenvalue weighted by atomic mass is 9.32. The summed E-state index contributed by atoms with van der Waals surface area (Å²) in [5.41, 5.74) is 8.48. The van der Waals surface area contributed by atoms with Crippen molar-refractivity contribution >= 4 is 17.0 Å². The minimum Gasteiger partial charge on any atom is -0.408 e. The molecule has 2 heterocycles. The minimum absolute atomic E-state index is 0.152. The Hall–Kier alpha value is -2.63. The lowest BCUT2D eigenvalue weighted by molar-refractivity contribution is -0.154. The Morgan fingerprint density at radius 2 is 2.17 bits per heavy atom. The molecule has 1 saturated heterocycles. The number of primary amides is 1. The number of benzene rings is 1. The highest BCUT2D eigenvalue weighted by atomic mass is 16.5. The van der Waals surface area contributed by atoms with Crippen molar-refractivity contribution < 1.29 is 13.9 Å². The first-order valence-electron chi connectivity index (χ1n) is 10.5. The average Bonchev–Trinajstić information content (AvgIpc) is 2.85. The molecule has 2 aromatic rings. The summed E-state index contributed by atoms with van der Waals surface area (Å²) in [5, 5.41) is 9.84. The topological polar surface area (TPSA) is 114 Å². The number of carbonyl (C=O) groups is 1. The van der Waals surface area contributed by atoms with E-state index < -0.39 is 12.0 Å². The first-order valence-corrected chi connectivity index (χ1v) is 10.5. The maximum atomic E-state index is 11.8. The highest BCUT2D eigenvalue weighted by molar-refractivity contribution is 5.79. The number of oxazole rings is 1. The summed E-state index contributed by atoms with van der Waals surface area (Å²) < 4.78 is 12.3. The van der Waals surface area contributed by atoms with Gasteiger partial charge in [-0.05, 0) is 60.6 Å². The molecular formula is C22H26N4O4. The van der Waals surface area contributed by atoms with Crippen molar-refractivity contribution in [2.24, 2.45) is 18.2 Å². The number of amides is 1. The molecule has 30 heavy (non-hydrogen) atoms. The summed E-state index contributed by atoms with van der Waals surface area (Å²) in [5.74, 6) is -0.809. The Bertz CT molecular complexity index is 1090. The molecule has 158 valence electrons. The van der Waals surface area contributed by atoms with Crippen molar-refractivity contribution in [3.8, 4) is 6.07 Å². The average molecular weight is 410 g/mol. The molecule has 4 aliphatic rings. The molecule has 4 fully saturated rings. The molecule has 1 aromatic heterocycles. The molecule has 3 aliphatic carbocycles. The van der Waals surface area contributed by atoms with Gasteiger partial charge in [-0.3, -0.25) is 14.3 Å². The summed E-state index contributed by atoms with van der Waals surface area (Å²) in [6.45, 7) is 1.63. The molecule has 6 rings (SSSR count). The van der Waals surface area contributed by atoms with Crippen molar-refractivity contribution in [3.63, 3.8) is 0 Å². The fraction of sp³-hybridized carbons (Fsp3) is 0.591. The van der Waals surface area contributed by atoms with Gasteiger partial charge in [-0.15, -0.1) is 0 Å². The standard InChI is InChI=1S/C22H26N4O4/c1-25-16-7-14(3-4-17(16)30-20(25)28)22-11-21(12-22,13-22)8-15(9-23)26-5-2-6-29-18(10-26)19(24)27/h3-4,7,15,18H,2,5-6,8,10-13H2,1H3,(H2,24,27)/t15-,18?,21?,22?/m0/s1. The molecule has 1 amide bonds. The van der Waals surface area contributed by atoms with Crippen LogP contribution in [-0.2, 0) is 22.0 Å². The van der Waals surface area contributed by atoms with E-state index in [4.69, 9.17) is 14.9 Å². The molecule has 0 radical (unpaired) electrons. The number of nitriles is 1. The van der Waals surface area contributed by atoms with E-state index in [0.29, 0.717) is 18.7 Å². The molecule has 1 unspecified atom stereocenters. The molecule has 2 atom stereocenters. The monoisotopic (exact) mass is 410 g/mol. The van der Waals surface area contributed by atoms with E-state index >= 15 is 0 Å². The van der Waals surface area contributed by atoms with Gasteiger partial charge in [-0.2, -0.15) is 5.26 Å². The van der Waals surface area contributed by atoms with Gasteiger partial charge in [-0.25, -0.2) is 4.79 Å². The van der Waals surface area contributed by atoms with Crippen LogP contribution in [0.3, 0.4) is 0 Å². The van der Waals surface area contributed by atoms with Crippen LogP contribution in [0.5, 0.6) is 0 Å². The van der Waals surface area contributed by atoms with Crippen LogP contribution < -0.4 is 11.5 Å². The van der Waals surface area contributed by atoms with Gasteiger partial charge in [0.1, 0.15) is 6.10 Å². The number of nitrogens with two attached hydrogens (primary N) is 1. The third-order valence-electron chi connectivity index (χ3n) is 7.39. The number of ether oxygens (including phenoxy) is 1. The van der Waals surface area contributed by atoms with E-state index in [1.54, 1.807) is 11.6 Å². The number of aromatic nitrogens is 1. The van der Waals surface area contributed by atoms with Gasteiger partial charge in [0.25, 0.3) is 0 Å². The largest absolute Gasteiger partial charge is 0.419 e. The second-order valence-electron chi connectivity index (χ2n) is 9.38. The van der Waals surface area contributed by atoms with Gasteiger partial charge in [0.2, 0.25) is 5.91 Å². The first kappa shape index (κ1) is 19.3. The number of fused-ring (bicyclic) bond motifs is 1. The van der Waals surface area contributed by atoms with Crippen molar-refractivity contribution in [2.75, 3.05) is 19.7 Å². The molecule has 3 saturated carbocycles. The van der Waals surface area contributed by atoms with Crippen molar-refractivity contribution in [1.29, 1.82) is 5.26 Å². The van der Waals surface area contributed by atoms with E-state index in [2.05, 4.69) is 23.1 Å². The number of hydrogen-bond donors (Lipinski definition) is 1. The Labute approximate surface area is 174 Å². The third kappa shape index (κ3) is 2.88. The number of aryl methyl sites for hydroxylation is 1. The van der Waals surface area contributed by atoms with Crippen LogP contribution in [0.1, 0.15) is 37.7 Å². The Morgan fingerprint density at radius 1 is 1.40 bits per heavy atom. The maximum absolute atomic E-state index is 11.8. The van der Waals surface area contributed by atoms with Gasteiger partial charge in [0.15, 0.2) is 5.58 Å². The fourth-order valence-corrected chi connectivity index (χ4v) is 5.95. The maximum Gasteiger partial charge on any atom is 0.419 e. The highest BCUT2D eigenvalue weighted by Gasteiger charge is 2.68. The normalized spacial score (nSPS) is 31.9. The zero-order valence-corrected chi connectivity index (χ0v) is 17.1. The molecule has 2 N–H and O–H groups in total. The van der Waals surface area contributed by atoms with Crippen LogP contribution in [0.4, 0.5) is 0 Å². The Balaban J connectivity index is 1.28. The molecular weight excluding hydrogens is 384 g/mol. The van der Waals surface area contributed by atoms with Crippen molar-refractivity contribution in [3.05, 3.63) is 34.3 Å². The molecule has 8 nitrogen and oxygen atoms in total. The molecule has 8 heteroatoms. The van der Waals surface area contributed by atoms with E-state index in [1.165, 1.54) is 5.56 Å². The number of carbonyl (C=O) groups excluding carboxylic acids is 1. The zero-order valence-electron chi connectivity index (χ0n) is 17.1. The third-order valence-corrected chi connectivity index (χ3v) is 7.39. The van der Waals surface area contributed by atoms with Gasteiger partial charge >= 0.3 is 5.76 Å². The quantitative estimate of drug-likeness (QED) is 0.797. The summed E-state index contributed by atoms with van der Waals surface area (Å²) in [6.07, 6.45) is 4.12. The molecule has 1 aromatic carbocycles. The predicted molar refractivity (Wildman–Crippen MR) is 109 cm³/mol. The van der Waals surface area contributed by atoms with E-state index in [0.717, 1.165) is 44.2 Å². The zero-order chi connectivity index (χ0) is 21.1. The number of rotatable bonds is 5. The smallest absolute Gasteiger partial charge is 0.408 e. The number of hydrogen-bond acceptors (Lipinski definition) is 6. The van der Waals surface area contributed by atoms with Crippen LogP contribution >= 0.6 is 0 Å². The summed E-state index contributed by atoms with van der Waals surface area (Å²) >= 11 is 0. The highest BCUT2D eigenvalue weighted by Crippen LogP contribution is 2.75. The van der Waals surface area contributed by atoms with Crippen molar-refractivity contribution in [1.82, 2.24) is 9.47 Å². The van der Waals surface area contributed by atoms with Gasteiger partial charge < -0.3 is 14.9 Å². The lowest BCUT2D eigenvalue weighted by Crippen LogP contribution is -2.66. The van der Waals surface area contributed by atoms with Crippen LogP contribution in [-0.4, -0.2) is 47.2 Å². The number of nitrogens with zero attached hydrogens (tertiary/aromatic N) is 3. The summed E-state index contributed by atoms with van der Waals surface area (Å²) in [4.78, 5) is 25.4. The molecule has 1 aliphatic heterocycles. The first-order chi connectivity index (χ1) is 14.3. The summed E-state index contributed by atoms with van der Waals surface area (Å²) in [7, 11) is 1.73. The molecule has 2 bridgehead atoms. The van der Waals surface area contributed by atoms with Crippen molar-refractivity contribution in [2.45, 2.75) is 49.7 Å². The predicted octanol–water partition coefficient (Wildman–Crippen LogP) is 1.41. The van der Waals surface area contributed by atoms with Gasteiger partial charge in [0, 0.05) is 26.7 Å². The van der Waals surface area contributed by atoms with E-state index in [-0.39, 0.29) is 22.6 Å². The van der Waals surface area contributed by atoms with Crippen LogP contribution in [0.15, 0.2) is 27.4 Å².